The molecule has 1 heterocycles. The molecule has 1 aliphatic heterocycles. The predicted molar refractivity (Wildman–Crippen MR) is 93.9 cm³/mol. The molecular weight excluding hydrogens is 320 g/mol. The Kier molecular flexibility index (Phi) is 8.53. The molecule has 0 aromatic heterocycles. The Morgan fingerprint density at radius 1 is 1.27 bits per heavy atom. The van der Waals surface area contributed by atoms with Gasteiger partial charge in [-0.1, -0.05) is 37.3 Å². The van der Waals surface area contributed by atoms with Gasteiger partial charge in [0.15, 0.2) is 5.78 Å². The Morgan fingerprint density at radius 2 is 2.00 bits per heavy atom. The van der Waals surface area contributed by atoms with Crippen LogP contribution in [0.2, 0.25) is 0 Å². The molecule has 2 N–H and O–H groups in total. The van der Waals surface area contributed by atoms with Gasteiger partial charge in [-0.05, 0) is 18.9 Å². The van der Waals surface area contributed by atoms with E-state index in [4.69, 9.17) is 0 Å². The highest BCUT2D eigenvalue weighted by Crippen LogP contribution is 2.12. The maximum Gasteiger partial charge on any atom is 0.230 e. The highest BCUT2D eigenvalue weighted by molar-refractivity contribution is 8.00. The van der Waals surface area contributed by atoms with Crippen molar-refractivity contribution in [1.29, 1.82) is 0 Å². The van der Waals surface area contributed by atoms with Gasteiger partial charge in [-0.3, -0.25) is 9.59 Å². The number of carbonyl (C=O) groups excluding carboxylic acids is 2. The molecule has 0 radical (unpaired) electrons. The minimum atomic E-state index is 0. The Labute approximate surface area is 142 Å². The molecule has 6 heteroatoms. The summed E-state index contributed by atoms with van der Waals surface area (Å²) in [5.74, 6) is 1.27. The number of benzene rings is 1. The van der Waals surface area contributed by atoms with E-state index in [0.717, 1.165) is 19.5 Å². The molecule has 2 atom stereocenters. The smallest absolute Gasteiger partial charge is 0.230 e. The zero-order valence-corrected chi connectivity index (χ0v) is 14.3. The van der Waals surface area contributed by atoms with Gasteiger partial charge < -0.3 is 10.6 Å². The first-order chi connectivity index (χ1) is 10.2. The summed E-state index contributed by atoms with van der Waals surface area (Å²) in [5, 5.41) is 6.34. The van der Waals surface area contributed by atoms with Crippen molar-refractivity contribution < 1.29 is 9.59 Å². The van der Waals surface area contributed by atoms with E-state index in [0.29, 0.717) is 23.0 Å². The number of amides is 1. The Bertz CT molecular complexity index is 484. The van der Waals surface area contributed by atoms with E-state index in [9.17, 15) is 9.59 Å². The summed E-state index contributed by atoms with van der Waals surface area (Å²) in [6.07, 6.45) is 1.09. The van der Waals surface area contributed by atoms with Crippen molar-refractivity contribution in [3.05, 3.63) is 35.9 Å². The Morgan fingerprint density at radius 3 is 2.68 bits per heavy atom. The molecule has 2 unspecified atom stereocenters. The van der Waals surface area contributed by atoms with E-state index in [1.54, 1.807) is 12.1 Å². The lowest BCUT2D eigenvalue weighted by Gasteiger charge is -2.30. The molecule has 0 aliphatic carbocycles. The highest BCUT2D eigenvalue weighted by atomic mass is 35.5. The van der Waals surface area contributed by atoms with Gasteiger partial charge in [0.25, 0.3) is 0 Å². The van der Waals surface area contributed by atoms with Crippen LogP contribution in [0.15, 0.2) is 30.3 Å². The van der Waals surface area contributed by atoms with Gasteiger partial charge in [-0.2, -0.15) is 0 Å². The number of hydrogen-bond acceptors (Lipinski definition) is 4. The second kappa shape index (κ2) is 9.87. The van der Waals surface area contributed by atoms with Crippen LogP contribution in [0.25, 0.3) is 0 Å². The fourth-order valence-electron chi connectivity index (χ4n) is 2.38. The number of ketones is 1. The van der Waals surface area contributed by atoms with Crippen LogP contribution in [0, 0.1) is 5.92 Å². The summed E-state index contributed by atoms with van der Waals surface area (Å²) in [6, 6.07) is 9.40. The summed E-state index contributed by atoms with van der Waals surface area (Å²) in [4.78, 5) is 23.8. The number of rotatable bonds is 6. The molecule has 0 saturated carbocycles. The molecule has 4 nitrogen and oxygen atoms in total. The zero-order valence-electron chi connectivity index (χ0n) is 12.7. The molecule has 1 aliphatic rings. The van der Waals surface area contributed by atoms with Gasteiger partial charge in [0.2, 0.25) is 5.91 Å². The van der Waals surface area contributed by atoms with Crippen LogP contribution in [0.5, 0.6) is 0 Å². The van der Waals surface area contributed by atoms with Crippen molar-refractivity contribution in [3.63, 3.8) is 0 Å². The van der Waals surface area contributed by atoms with E-state index in [1.165, 1.54) is 11.8 Å². The third kappa shape index (κ3) is 5.99. The number of piperidine rings is 1. The summed E-state index contributed by atoms with van der Waals surface area (Å²) < 4.78 is 0. The quantitative estimate of drug-likeness (QED) is 0.778. The number of thioether (sulfide) groups is 1. The lowest BCUT2D eigenvalue weighted by molar-refractivity contribution is -0.119. The second-order valence-corrected chi connectivity index (χ2v) is 6.41. The SMILES string of the molecule is CC1CCNCC1NC(=O)CSCC(=O)c1ccccc1.Cl. The minimum Gasteiger partial charge on any atom is -0.351 e. The van der Waals surface area contributed by atoms with Crippen molar-refractivity contribution in [2.45, 2.75) is 19.4 Å². The molecule has 22 heavy (non-hydrogen) atoms. The molecule has 0 spiro atoms. The summed E-state index contributed by atoms with van der Waals surface area (Å²) in [7, 11) is 0. The van der Waals surface area contributed by atoms with E-state index < -0.39 is 0 Å². The van der Waals surface area contributed by atoms with Gasteiger partial charge in [-0.25, -0.2) is 0 Å². The van der Waals surface area contributed by atoms with E-state index in [2.05, 4.69) is 17.6 Å². The van der Waals surface area contributed by atoms with E-state index in [1.807, 2.05) is 18.2 Å². The molecule has 1 saturated heterocycles. The molecule has 1 amide bonds. The molecule has 1 aromatic carbocycles. The van der Waals surface area contributed by atoms with Crippen LogP contribution in [0.3, 0.4) is 0 Å². The van der Waals surface area contributed by atoms with Gasteiger partial charge in [0.1, 0.15) is 0 Å². The van der Waals surface area contributed by atoms with Crippen molar-refractivity contribution in [3.8, 4) is 0 Å². The molecule has 122 valence electrons. The van der Waals surface area contributed by atoms with Gasteiger partial charge >= 0.3 is 0 Å². The Hall–Kier alpha value is -1.04. The topological polar surface area (TPSA) is 58.2 Å². The summed E-state index contributed by atoms with van der Waals surface area (Å²) >= 11 is 1.37. The van der Waals surface area contributed by atoms with E-state index in [-0.39, 0.29) is 30.1 Å². The zero-order chi connectivity index (χ0) is 15.1. The van der Waals surface area contributed by atoms with Gasteiger partial charge in [-0.15, -0.1) is 24.2 Å². The molecule has 2 rings (SSSR count). The highest BCUT2D eigenvalue weighted by Gasteiger charge is 2.22. The summed E-state index contributed by atoms with van der Waals surface area (Å²) in [5.41, 5.74) is 0.704. The third-order valence-electron chi connectivity index (χ3n) is 3.74. The van der Waals surface area contributed by atoms with Crippen molar-refractivity contribution in [1.82, 2.24) is 10.6 Å². The lowest BCUT2D eigenvalue weighted by Crippen LogP contribution is -2.50. The van der Waals surface area contributed by atoms with Gasteiger partial charge in [0, 0.05) is 18.2 Å². The normalized spacial score (nSPS) is 20.8. The fraction of sp³-hybridized carbons (Fsp3) is 0.500. The largest absolute Gasteiger partial charge is 0.351 e. The van der Waals surface area contributed by atoms with E-state index >= 15 is 0 Å². The lowest BCUT2D eigenvalue weighted by atomic mass is 9.95. The average molecular weight is 343 g/mol. The number of nitrogens with one attached hydrogen (secondary N) is 2. The van der Waals surface area contributed by atoms with Crippen LogP contribution in [0.4, 0.5) is 0 Å². The van der Waals surface area contributed by atoms with Crippen molar-refractivity contribution >= 4 is 35.9 Å². The average Bonchev–Trinajstić information content (AvgIpc) is 2.50. The molecular formula is C16H23ClN2O2S. The molecule has 0 bridgehead atoms. The first-order valence-electron chi connectivity index (χ1n) is 7.33. The number of hydrogen-bond donors (Lipinski definition) is 2. The van der Waals surface area contributed by atoms with Crippen molar-refractivity contribution in [2.24, 2.45) is 5.92 Å². The van der Waals surface area contributed by atoms with Gasteiger partial charge in [0.05, 0.1) is 11.5 Å². The predicted octanol–water partition coefficient (Wildman–Crippen LogP) is 2.14. The first kappa shape index (κ1) is 19.0. The second-order valence-electron chi connectivity index (χ2n) is 5.43. The maximum absolute atomic E-state index is 11.9. The van der Waals surface area contributed by atoms with Crippen LogP contribution in [0.1, 0.15) is 23.7 Å². The number of carbonyl (C=O) groups is 2. The molecule has 1 aromatic rings. The van der Waals surface area contributed by atoms with Crippen LogP contribution in [-0.4, -0.2) is 42.3 Å². The minimum absolute atomic E-state index is 0. The van der Waals surface area contributed by atoms with Crippen LogP contribution in [-0.2, 0) is 4.79 Å². The van der Waals surface area contributed by atoms with Crippen LogP contribution < -0.4 is 10.6 Å². The van der Waals surface area contributed by atoms with Crippen molar-refractivity contribution in [2.75, 3.05) is 24.6 Å². The maximum atomic E-state index is 11.9. The number of halogens is 1. The standard InChI is InChI=1S/C16H22N2O2S.ClH/c1-12-7-8-17-9-14(12)18-16(20)11-21-10-15(19)13-5-3-2-4-6-13;/h2-6,12,14,17H,7-11H2,1H3,(H,18,20);1H. The van der Waals surface area contributed by atoms with Crippen LogP contribution >= 0.6 is 24.2 Å². The fourth-order valence-corrected chi connectivity index (χ4v) is 3.10. The molecule has 1 fully saturated rings. The first-order valence-corrected chi connectivity index (χ1v) is 8.48. The third-order valence-corrected chi connectivity index (χ3v) is 4.67. The summed E-state index contributed by atoms with van der Waals surface area (Å²) in [6.45, 7) is 4.02. The Balaban J connectivity index is 0.00000242. The number of Topliss-reactive ketones (excluding diaryl/α,β-unsaturated/α-hetero) is 1. The monoisotopic (exact) mass is 342 g/mol.